The van der Waals surface area contributed by atoms with Gasteiger partial charge in [-0.3, -0.25) is 0 Å². The van der Waals surface area contributed by atoms with Gasteiger partial charge in [0.2, 0.25) is 0 Å². The van der Waals surface area contributed by atoms with E-state index in [-0.39, 0.29) is 17.5 Å². The minimum absolute atomic E-state index is 0.118. The van der Waals surface area contributed by atoms with Crippen molar-refractivity contribution in [3.8, 4) is 0 Å². The van der Waals surface area contributed by atoms with Crippen molar-refractivity contribution in [2.45, 2.75) is 57.1 Å². The van der Waals surface area contributed by atoms with Crippen LogP contribution in [0.3, 0.4) is 0 Å². The number of benzene rings is 1. The normalized spacial score (nSPS) is 19.4. The Morgan fingerprint density at radius 3 is 2.67 bits per heavy atom. The van der Waals surface area contributed by atoms with Crippen LogP contribution in [-0.4, -0.2) is 25.3 Å². The van der Waals surface area contributed by atoms with Gasteiger partial charge in [0.15, 0.2) is 0 Å². The number of ether oxygens (including phenoxy) is 1. The van der Waals surface area contributed by atoms with E-state index in [2.05, 4.69) is 28.2 Å². The van der Waals surface area contributed by atoms with E-state index in [9.17, 15) is 4.39 Å². The van der Waals surface area contributed by atoms with Crippen molar-refractivity contribution in [2.75, 3.05) is 13.7 Å². The third-order valence-electron chi connectivity index (χ3n) is 4.55. The van der Waals surface area contributed by atoms with Gasteiger partial charge in [-0.15, -0.1) is 0 Å². The summed E-state index contributed by atoms with van der Waals surface area (Å²) in [4.78, 5) is 0. The van der Waals surface area contributed by atoms with E-state index in [0.29, 0.717) is 0 Å². The summed E-state index contributed by atoms with van der Waals surface area (Å²) in [6.45, 7) is 2.78. The van der Waals surface area contributed by atoms with E-state index >= 15 is 0 Å². The van der Waals surface area contributed by atoms with Crippen LogP contribution in [0.1, 0.15) is 44.6 Å². The van der Waals surface area contributed by atoms with Gasteiger partial charge >= 0.3 is 0 Å². The smallest absolute Gasteiger partial charge is 0.123 e. The van der Waals surface area contributed by atoms with E-state index in [0.717, 1.165) is 35.9 Å². The number of likely N-dealkylation sites (N-methyl/N-ethyl adjacent to an activating group) is 1. The SMILES string of the molecule is CCOC1(C(Cc2cc(F)ccc2Br)NC)CCCCC1. The predicted octanol–water partition coefficient (Wildman–Crippen LogP) is 4.46. The molecule has 1 N–H and O–H groups in total. The monoisotopic (exact) mass is 357 g/mol. The first kappa shape index (κ1) is 16.9. The molecule has 1 aromatic rings. The number of rotatable bonds is 6. The number of hydrogen-bond acceptors (Lipinski definition) is 2. The summed E-state index contributed by atoms with van der Waals surface area (Å²) in [5.41, 5.74) is 0.882. The molecule has 21 heavy (non-hydrogen) atoms. The summed E-state index contributed by atoms with van der Waals surface area (Å²) in [6.07, 6.45) is 6.65. The minimum Gasteiger partial charge on any atom is -0.374 e. The van der Waals surface area contributed by atoms with E-state index in [1.807, 2.05) is 7.05 Å². The quantitative estimate of drug-likeness (QED) is 0.811. The van der Waals surface area contributed by atoms with Crippen molar-refractivity contribution >= 4 is 15.9 Å². The zero-order chi connectivity index (χ0) is 15.3. The first-order valence-corrected chi connectivity index (χ1v) is 8.66. The van der Waals surface area contributed by atoms with Crippen LogP contribution in [0, 0.1) is 5.82 Å². The van der Waals surface area contributed by atoms with Gasteiger partial charge in [0, 0.05) is 17.1 Å². The lowest BCUT2D eigenvalue weighted by Gasteiger charge is -2.43. The molecule has 0 radical (unpaired) electrons. The van der Waals surface area contributed by atoms with Crippen LogP contribution >= 0.6 is 15.9 Å². The first-order valence-electron chi connectivity index (χ1n) is 7.86. The number of hydrogen-bond donors (Lipinski definition) is 1. The second kappa shape index (κ2) is 7.70. The van der Waals surface area contributed by atoms with Gasteiger partial charge in [-0.25, -0.2) is 4.39 Å². The van der Waals surface area contributed by atoms with Gasteiger partial charge in [0.25, 0.3) is 0 Å². The molecule has 1 atom stereocenters. The maximum Gasteiger partial charge on any atom is 0.123 e. The number of halogens is 2. The maximum atomic E-state index is 13.5. The molecular weight excluding hydrogens is 333 g/mol. The Labute approximate surface area is 135 Å². The van der Waals surface area contributed by atoms with Crippen LogP contribution in [0.15, 0.2) is 22.7 Å². The van der Waals surface area contributed by atoms with Crippen molar-refractivity contribution in [1.29, 1.82) is 0 Å². The van der Waals surface area contributed by atoms with Gasteiger partial charge in [-0.05, 0) is 57.0 Å². The molecule has 0 amide bonds. The topological polar surface area (TPSA) is 21.3 Å². The van der Waals surface area contributed by atoms with Crippen molar-refractivity contribution in [3.63, 3.8) is 0 Å². The lowest BCUT2D eigenvalue weighted by atomic mass is 9.77. The van der Waals surface area contributed by atoms with Crippen molar-refractivity contribution in [2.24, 2.45) is 0 Å². The highest BCUT2D eigenvalue weighted by Gasteiger charge is 2.40. The Morgan fingerprint density at radius 1 is 1.33 bits per heavy atom. The maximum absolute atomic E-state index is 13.5. The highest BCUT2D eigenvalue weighted by molar-refractivity contribution is 9.10. The summed E-state index contributed by atoms with van der Waals surface area (Å²) < 4.78 is 20.7. The molecule has 1 aromatic carbocycles. The molecule has 1 aliphatic carbocycles. The fourth-order valence-electron chi connectivity index (χ4n) is 3.50. The second-order valence-electron chi connectivity index (χ2n) is 5.84. The second-order valence-corrected chi connectivity index (χ2v) is 6.69. The molecule has 4 heteroatoms. The van der Waals surface area contributed by atoms with Crippen LogP contribution in [0.4, 0.5) is 4.39 Å². The lowest BCUT2D eigenvalue weighted by Crippen LogP contribution is -2.53. The molecule has 2 rings (SSSR count). The van der Waals surface area contributed by atoms with Crippen molar-refractivity contribution < 1.29 is 9.13 Å². The van der Waals surface area contributed by atoms with Crippen LogP contribution in [0.5, 0.6) is 0 Å². The fourth-order valence-corrected chi connectivity index (χ4v) is 3.91. The summed E-state index contributed by atoms with van der Waals surface area (Å²) in [6, 6.07) is 5.10. The Kier molecular flexibility index (Phi) is 6.20. The van der Waals surface area contributed by atoms with Crippen LogP contribution in [0.25, 0.3) is 0 Å². The van der Waals surface area contributed by atoms with Crippen molar-refractivity contribution in [1.82, 2.24) is 5.32 Å². The zero-order valence-corrected chi connectivity index (χ0v) is 14.5. The van der Waals surface area contributed by atoms with Crippen LogP contribution in [0.2, 0.25) is 0 Å². The zero-order valence-electron chi connectivity index (χ0n) is 12.9. The number of nitrogens with one attached hydrogen (secondary N) is 1. The van der Waals surface area contributed by atoms with E-state index in [1.54, 1.807) is 12.1 Å². The average molecular weight is 358 g/mol. The molecular formula is C17H25BrFNO. The Balaban J connectivity index is 2.22. The highest BCUT2D eigenvalue weighted by atomic mass is 79.9. The van der Waals surface area contributed by atoms with Crippen LogP contribution in [-0.2, 0) is 11.2 Å². The fraction of sp³-hybridized carbons (Fsp3) is 0.647. The molecule has 1 aliphatic rings. The third kappa shape index (κ3) is 4.05. The van der Waals surface area contributed by atoms with Gasteiger partial charge in [0.05, 0.1) is 5.60 Å². The average Bonchev–Trinajstić information content (AvgIpc) is 2.49. The van der Waals surface area contributed by atoms with Gasteiger partial charge in [-0.2, -0.15) is 0 Å². The van der Waals surface area contributed by atoms with Gasteiger partial charge in [-0.1, -0.05) is 35.2 Å². The molecule has 0 heterocycles. The molecule has 0 saturated heterocycles. The largest absolute Gasteiger partial charge is 0.374 e. The van der Waals surface area contributed by atoms with Gasteiger partial charge in [0.1, 0.15) is 5.82 Å². The molecule has 2 nitrogen and oxygen atoms in total. The van der Waals surface area contributed by atoms with Crippen LogP contribution < -0.4 is 5.32 Å². The molecule has 1 unspecified atom stereocenters. The first-order chi connectivity index (χ1) is 10.1. The Morgan fingerprint density at radius 2 is 2.05 bits per heavy atom. The highest BCUT2D eigenvalue weighted by Crippen LogP contribution is 2.36. The third-order valence-corrected chi connectivity index (χ3v) is 5.32. The molecule has 0 spiro atoms. The summed E-state index contributed by atoms with van der Waals surface area (Å²) >= 11 is 3.53. The molecule has 0 aliphatic heterocycles. The van der Waals surface area contributed by atoms with E-state index < -0.39 is 0 Å². The Hall–Kier alpha value is -0.450. The molecule has 0 bridgehead atoms. The van der Waals surface area contributed by atoms with Crippen molar-refractivity contribution in [3.05, 3.63) is 34.1 Å². The minimum atomic E-state index is -0.183. The summed E-state index contributed by atoms with van der Waals surface area (Å²) in [5.74, 6) is -0.183. The van der Waals surface area contributed by atoms with Gasteiger partial charge < -0.3 is 10.1 Å². The Bertz CT molecular complexity index is 455. The lowest BCUT2D eigenvalue weighted by molar-refractivity contribution is -0.0884. The molecule has 1 fully saturated rings. The van der Waals surface area contributed by atoms with E-state index in [4.69, 9.17) is 4.74 Å². The predicted molar refractivity (Wildman–Crippen MR) is 88.1 cm³/mol. The molecule has 0 aromatic heterocycles. The summed E-state index contributed by atoms with van der Waals surface area (Å²) in [7, 11) is 1.98. The standard InChI is InChI=1S/C17H25BrFNO/c1-3-21-17(9-5-4-6-10-17)16(20-2)12-13-11-14(19)7-8-15(13)18/h7-8,11,16,20H,3-6,9-10,12H2,1-2H3. The molecule has 1 saturated carbocycles. The summed E-state index contributed by atoms with van der Waals surface area (Å²) in [5, 5.41) is 3.42. The molecule has 118 valence electrons. The van der Waals surface area contributed by atoms with E-state index in [1.165, 1.54) is 25.3 Å².